The van der Waals surface area contributed by atoms with E-state index >= 15 is 0 Å². The minimum atomic E-state index is -2.33. The maximum absolute atomic E-state index is 13.6. The number of benzene rings is 2. The molecular weight excluding hydrogens is 333 g/mol. The van der Waals surface area contributed by atoms with E-state index in [1.165, 1.54) is 18.3 Å². The number of hydrogen-bond acceptors (Lipinski definition) is 3. The summed E-state index contributed by atoms with van der Waals surface area (Å²) in [6, 6.07) is 7.51. The standard InChI is InChI=1S/C16H6F5NO2/c17-10-11(18)13(20)15(14(21)12(10)19)24-16(23)8-5-6-22-9-4-2-1-3-7(8)9/h1-6H. The lowest BCUT2D eigenvalue weighted by atomic mass is 10.1. The number of pyridine rings is 1. The third kappa shape index (κ3) is 2.45. The number of fused-ring (bicyclic) bond motifs is 1. The second-order valence-corrected chi connectivity index (χ2v) is 4.66. The Morgan fingerprint density at radius 2 is 1.42 bits per heavy atom. The summed E-state index contributed by atoms with van der Waals surface area (Å²) in [7, 11) is 0. The summed E-state index contributed by atoms with van der Waals surface area (Å²) >= 11 is 0. The average molecular weight is 339 g/mol. The minimum absolute atomic E-state index is 0.135. The monoisotopic (exact) mass is 339 g/mol. The number of para-hydroxylation sites is 1. The van der Waals surface area contributed by atoms with Crippen molar-refractivity contribution in [1.29, 1.82) is 0 Å². The summed E-state index contributed by atoms with van der Waals surface area (Å²) < 4.78 is 70.9. The van der Waals surface area contributed by atoms with Crippen molar-refractivity contribution in [2.75, 3.05) is 0 Å². The Labute approximate surface area is 131 Å². The van der Waals surface area contributed by atoms with Gasteiger partial charge in [0.05, 0.1) is 11.1 Å². The Balaban J connectivity index is 2.08. The topological polar surface area (TPSA) is 39.2 Å². The Bertz CT molecular complexity index is 940. The van der Waals surface area contributed by atoms with E-state index in [-0.39, 0.29) is 5.56 Å². The summed E-state index contributed by atoms with van der Waals surface area (Å²) in [5.41, 5.74) is 0.258. The maximum Gasteiger partial charge on any atom is 0.344 e. The number of ether oxygens (including phenoxy) is 1. The number of carbonyl (C=O) groups is 1. The SMILES string of the molecule is O=C(Oc1c(F)c(F)c(F)c(F)c1F)c1ccnc2ccccc12. The largest absolute Gasteiger partial charge is 0.416 e. The first-order valence-corrected chi connectivity index (χ1v) is 6.49. The molecule has 0 unspecified atom stereocenters. The highest BCUT2D eigenvalue weighted by atomic mass is 19.2. The number of hydrogen-bond donors (Lipinski definition) is 0. The summed E-state index contributed by atoms with van der Waals surface area (Å²) in [4.78, 5) is 16.1. The number of halogens is 5. The predicted molar refractivity (Wildman–Crippen MR) is 72.9 cm³/mol. The van der Waals surface area contributed by atoms with Gasteiger partial charge in [0.15, 0.2) is 0 Å². The molecule has 0 radical (unpaired) electrons. The molecule has 0 saturated heterocycles. The highest BCUT2D eigenvalue weighted by molar-refractivity contribution is 6.04. The van der Waals surface area contributed by atoms with Gasteiger partial charge >= 0.3 is 5.97 Å². The lowest BCUT2D eigenvalue weighted by molar-refractivity contribution is 0.0718. The highest BCUT2D eigenvalue weighted by Crippen LogP contribution is 2.30. The second-order valence-electron chi connectivity index (χ2n) is 4.66. The lowest BCUT2D eigenvalue weighted by Crippen LogP contribution is -2.14. The molecular formula is C16H6F5NO2. The molecule has 0 N–H and O–H groups in total. The van der Waals surface area contributed by atoms with E-state index < -0.39 is 40.8 Å². The van der Waals surface area contributed by atoms with Gasteiger partial charge in [-0.2, -0.15) is 8.78 Å². The van der Waals surface area contributed by atoms with E-state index in [0.29, 0.717) is 10.9 Å². The van der Waals surface area contributed by atoms with E-state index in [4.69, 9.17) is 0 Å². The molecule has 3 rings (SSSR count). The van der Waals surface area contributed by atoms with Gasteiger partial charge < -0.3 is 4.74 Å². The molecule has 0 atom stereocenters. The summed E-state index contributed by atoms with van der Waals surface area (Å²) in [6.07, 6.45) is 1.25. The van der Waals surface area contributed by atoms with Crippen molar-refractivity contribution >= 4 is 16.9 Å². The Kier molecular flexibility index (Phi) is 3.88. The fraction of sp³-hybridized carbons (Fsp3) is 0. The smallest absolute Gasteiger partial charge is 0.344 e. The van der Waals surface area contributed by atoms with Gasteiger partial charge in [-0.05, 0) is 12.1 Å². The number of carbonyl (C=O) groups excluding carboxylic acids is 1. The van der Waals surface area contributed by atoms with E-state index in [2.05, 4.69) is 9.72 Å². The molecule has 0 saturated carbocycles. The zero-order valence-electron chi connectivity index (χ0n) is 11.6. The molecule has 2 aromatic carbocycles. The van der Waals surface area contributed by atoms with Crippen LogP contribution in [0.25, 0.3) is 10.9 Å². The maximum atomic E-state index is 13.6. The Morgan fingerprint density at radius 3 is 2.08 bits per heavy atom. The van der Waals surface area contributed by atoms with Crippen molar-refractivity contribution in [2.45, 2.75) is 0 Å². The highest BCUT2D eigenvalue weighted by Gasteiger charge is 2.29. The van der Waals surface area contributed by atoms with Gasteiger partial charge in [-0.1, -0.05) is 18.2 Å². The van der Waals surface area contributed by atoms with Gasteiger partial charge in [-0.25, -0.2) is 18.0 Å². The van der Waals surface area contributed by atoms with Gasteiger partial charge in [-0.3, -0.25) is 4.98 Å². The Hall–Kier alpha value is -3.03. The fourth-order valence-corrected chi connectivity index (χ4v) is 2.10. The van der Waals surface area contributed by atoms with Crippen molar-refractivity contribution in [2.24, 2.45) is 0 Å². The van der Waals surface area contributed by atoms with E-state index in [1.807, 2.05) is 0 Å². The van der Waals surface area contributed by atoms with Crippen LogP contribution in [0.5, 0.6) is 5.75 Å². The fourth-order valence-electron chi connectivity index (χ4n) is 2.10. The normalized spacial score (nSPS) is 10.9. The number of rotatable bonds is 2. The van der Waals surface area contributed by atoms with Gasteiger partial charge in [0, 0.05) is 11.6 Å². The van der Waals surface area contributed by atoms with E-state index in [1.54, 1.807) is 18.2 Å². The van der Waals surface area contributed by atoms with Crippen LogP contribution in [0.3, 0.4) is 0 Å². The summed E-state index contributed by atoms with van der Waals surface area (Å²) in [5, 5.41) is 0.300. The van der Waals surface area contributed by atoms with Crippen molar-refractivity contribution in [3.05, 3.63) is 71.2 Å². The molecule has 122 valence electrons. The molecule has 0 amide bonds. The first-order valence-electron chi connectivity index (χ1n) is 6.49. The quantitative estimate of drug-likeness (QED) is 0.231. The van der Waals surface area contributed by atoms with Crippen LogP contribution in [0.4, 0.5) is 22.0 Å². The first kappa shape index (κ1) is 15.9. The third-order valence-corrected chi connectivity index (χ3v) is 3.23. The molecule has 0 spiro atoms. The lowest BCUT2D eigenvalue weighted by Gasteiger charge is -2.10. The van der Waals surface area contributed by atoms with Crippen LogP contribution in [0, 0.1) is 29.1 Å². The van der Waals surface area contributed by atoms with E-state index in [9.17, 15) is 26.7 Å². The zero-order chi connectivity index (χ0) is 17.4. The third-order valence-electron chi connectivity index (χ3n) is 3.23. The second kappa shape index (κ2) is 5.88. The molecule has 3 nitrogen and oxygen atoms in total. The van der Waals surface area contributed by atoms with E-state index in [0.717, 1.165) is 0 Å². The van der Waals surface area contributed by atoms with Crippen LogP contribution in [-0.2, 0) is 0 Å². The molecule has 0 bridgehead atoms. The van der Waals surface area contributed by atoms with Crippen molar-refractivity contribution in [3.63, 3.8) is 0 Å². The summed E-state index contributed by atoms with van der Waals surface area (Å²) in [6.45, 7) is 0. The number of nitrogens with zero attached hydrogens (tertiary/aromatic N) is 1. The molecule has 0 aliphatic carbocycles. The van der Waals surface area contributed by atoms with Crippen LogP contribution in [0.15, 0.2) is 36.5 Å². The first-order chi connectivity index (χ1) is 11.4. The van der Waals surface area contributed by atoms with Crippen LogP contribution in [0.1, 0.15) is 10.4 Å². The molecule has 1 heterocycles. The number of aromatic nitrogens is 1. The van der Waals surface area contributed by atoms with Gasteiger partial charge in [0.25, 0.3) is 0 Å². The zero-order valence-corrected chi connectivity index (χ0v) is 11.6. The van der Waals surface area contributed by atoms with Crippen LogP contribution in [0.2, 0.25) is 0 Å². The average Bonchev–Trinajstić information content (AvgIpc) is 2.61. The molecule has 24 heavy (non-hydrogen) atoms. The van der Waals surface area contributed by atoms with Crippen molar-refractivity contribution in [1.82, 2.24) is 4.98 Å². The van der Waals surface area contributed by atoms with Gasteiger partial charge in [0.1, 0.15) is 0 Å². The Morgan fingerprint density at radius 1 is 0.833 bits per heavy atom. The van der Waals surface area contributed by atoms with Crippen LogP contribution < -0.4 is 4.74 Å². The molecule has 0 aliphatic heterocycles. The van der Waals surface area contributed by atoms with Crippen LogP contribution in [-0.4, -0.2) is 11.0 Å². The van der Waals surface area contributed by atoms with Crippen molar-refractivity contribution < 1.29 is 31.5 Å². The molecule has 3 aromatic rings. The van der Waals surface area contributed by atoms with Crippen molar-refractivity contribution in [3.8, 4) is 5.75 Å². The number of esters is 1. The molecule has 0 aliphatic rings. The molecule has 1 aromatic heterocycles. The van der Waals surface area contributed by atoms with Gasteiger partial charge in [0.2, 0.25) is 34.8 Å². The minimum Gasteiger partial charge on any atom is -0.416 e. The van der Waals surface area contributed by atoms with Crippen LogP contribution >= 0.6 is 0 Å². The van der Waals surface area contributed by atoms with Gasteiger partial charge in [-0.15, -0.1) is 0 Å². The molecule has 8 heteroatoms. The molecule has 0 fully saturated rings. The summed E-state index contributed by atoms with van der Waals surface area (Å²) in [5.74, 6) is -14.1. The predicted octanol–water partition coefficient (Wildman–Crippen LogP) is 4.15.